The minimum atomic E-state index is -0.526. The number of alkyl carbamates (subject to hydrolysis) is 1. The molecule has 0 aromatic carbocycles. The molecule has 8 heteroatoms. The van der Waals surface area contributed by atoms with Crippen LogP contribution in [0.4, 0.5) is 4.79 Å². The number of carbonyl (C=O) groups is 3. The fourth-order valence-corrected chi connectivity index (χ4v) is 1.81. The lowest BCUT2D eigenvalue weighted by Gasteiger charge is -2.19. The summed E-state index contributed by atoms with van der Waals surface area (Å²) in [5.74, 6) is -0.826. The molecule has 1 aromatic heterocycles. The molecule has 0 atom stereocenters. The molecule has 8 nitrogen and oxygen atoms in total. The average molecular weight is 339 g/mol. The van der Waals surface area contributed by atoms with Crippen molar-refractivity contribution in [1.29, 1.82) is 0 Å². The Bertz CT molecular complexity index is 575. The number of nitrogens with one attached hydrogen (secondary N) is 3. The number of amides is 2. The quantitative estimate of drug-likeness (QED) is 0.519. The van der Waals surface area contributed by atoms with E-state index in [0.29, 0.717) is 31.6 Å². The molecule has 24 heavy (non-hydrogen) atoms. The van der Waals surface area contributed by atoms with Crippen LogP contribution in [0, 0.1) is 0 Å². The summed E-state index contributed by atoms with van der Waals surface area (Å²) >= 11 is 0. The highest BCUT2D eigenvalue weighted by Gasteiger charge is 2.15. The number of aromatic amines is 1. The summed E-state index contributed by atoms with van der Waals surface area (Å²) in [7, 11) is 1.27. The molecule has 1 rings (SSSR count). The largest absolute Gasteiger partial charge is 0.464 e. The minimum absolute atomic E-state index is 0.226. The molecule has 0 unspecified atom stereocenters. The number of esters is 1. The summed E-state index contributed by atoms with van der Waals surface area (Å²) < 4.78 is 9.67. The molecular formula is C16H25N3O5. The Hall–Kier alpha value is -2.51. The Balaban J connectivity index is 2.19. The van der Waals surface area contributed by atoms with Crippen molar-refractivity contribution in [2.24, 2.45) is 0 Å². The molecule has 0 fully saturated rings. The van der Waals surface area contributed by atoms with Gasteiger partial charge in [0.15, 0.2) is 0 Å². The Morgan fingerprint density at radius 3 is 2.21 bits per heavy atom. The zero-order valence-corrected chi connectivity index (χ0v) is 14.5. The van der Waals surface area contributed by atoms with E-state index in [4.69, 9.17) is 4.74 Å². The molecule has 134 valence electrons. The lowest BCUT2D eigenvalue weighted by molar-refractivity contribution is 0.0525. The van der Waals surface area contributed by atoms with Crippen molar-refractivity contribution in [3.05, 3.63) is 23.5 Å². The number of aromatic nitrogens is 1. The van der Waals surface area contributed by atoms with Crippen LogP contribution in [-0.4, -0.2) is 48.8 Å². The third-order valence-corrected chi connectivity index (χ3v) is 2.89. The van der Waals surface area contributed by atoms with Gasteiger partial charge < -0.3 is 25.1 Å². The van der Waals surface area contributed by atoms with Crippen LogP contribution in [0.1, 0.15) is 54.6 Å². The van der Waals surface area contributed by atoms with Gasteiger partial charge in [0.1, 0.15) is 17.0 Å². The van der Waals surface area contributed by atoms with E-state index in [1.165, 1.54) is 19.2 Å². The van der Waals surface area contributed by atoms with Crippen molar-refractivity contribution in [3.63, 3.8) is 0 Å². The lowest BCUT2D eigenvalue weighted by Crippen LogP contribution is -2.33. The molecule has 0 radical (unpaired) electrons. The van der Waals surface area contributed by atoms with Crippen LogP contribution in [0.25, 0.3) is 0 Å². The number of unbranched alkanes of at least 4 members (excludes halogenated alkanes) is 1. The van der Waals surface area contributed by atoms with Crippen LogP contribution >= 0.6 is 0 Å². The molecule has 1 heterocycles. The number of H-pyrrole nitrogens is 1. The van der Waals surface area contributed by atoms with E-state index < -0.39 is 17.7 Å². The van der Waals surface area contributed by atoms with E-state index in [1.54, 1.807) is 20.8 Å². The highest BCUT2D eigenvalue weighted by atomic mass is 16.6. The highest BCUT2D eigenvalue weighted by Crippen LogP contribution is 2.06. The number of hydrogen-bond donors (Lipinski definition) is 3. The van der Waals surface area contributed by atoms with Gasteiger partial charge in [0.05, 0.1) is 7.11 Å². The van der Waals surface area contributed by atoms with E-state index in [9.17, 15) is 14.4 Å². The van der Waals surface area contributed by atoms with Crippen LogP contribution in [0.5, 0.6) is 0 Å². The first kappa shape index (κ1) is 19.5. The first-order valence-electron chi connectivity index (χ1n) is 7.75. The fraction of sp³-hybridized carbons (Fsp3) is 0.562. The maximum absolute atomic E-state index is 11.9. The molecule has 0 saturated heterocycles. The molecule has 2 amide bonds. The molecule has 3 N–H and O–H groups in total. The average Bonchev–Trinajstić information content (AvgIpc) is 2.97. The van der Waals surface area contributed by atoms with Crippen molar-refractivity contribution in [2.45, 2.75) is 39.2 Å². The smallest absolute Gasteiger partial charge is 0.407 e. The topological polar surface area (TPSA) is 110 Å². The predicted octanol–water partition coefficient (Wildman–Crippen LogP) is 1.84. The monoisotopic (exact) mass is 339 g/mol. The van der Waals surface area contributed by atoms with Gasteiger partial charge in [-0.25, -0.2) is 9.59 Å². The molecule has 0 aliphatic rings. The number of carbonyl (C=O) groups excluding carboxylic acids is 3. The standard InChI is InChI=1S/C16H25N3O5/c1-16(2,3)24-15(22)18-10-6-5-9-17-13(20)11-7-8-12(19-11)14(21)23-4/h7-8,19H,5-6,9-10H2,1-4H3,(H,17,20)(H,18,22). The molecule has 1 aromatic rings. The first-order valence-corrected chi connectivity index (χ1v) is 7.75. The van der Waals surface area contributed by atoms with Gasteiger partial charge in [0.25, 0.3) is 5.91 Å². The third kappa shape index (κ3) is 7.17. The number of hydrogen-bond acceptors (Lipinski definition) is 5. The van der Waals surface area contributed by atoms with Gasteiger partial charge in [0.2, 0.25) is 0 Å². The van der Waals surface area contributed by atoms with Gasteiger partial charge >= 0.3 is 12.1 Å². The second kappa shape index (κ2) is 8.95. The minimum Gasteiger partial charge on any atom is -0.464 e. The van der Waals surface area contributed by atoms with E-state index in [2.05, 4.69) is 20.4 Å². The molecule has 0 saturated carbocycles. The Kier molecular flexibility index (Phi) is 7.29. The van der Waals surface area contributed by atoms with Gasteiger partial charge in [-0.15, -0.1) is 0 Å². The number of methoxy groups -OCH3 is 1. The van der Waals surface area contributed by atoms with Crippen molar-refractivity contribution >= 4 is 18.0 Å². The van der Waals surface area contributed by atoms with Crippen LogP contribution in [0.3, 0.4) is 0 Å². The Labute approximate surface area is 141 Å². The SMILES string of the molecule is COC(=O)c1ccc(C(=O)NCCCCNC(=O)OC(C)(C)C)[nH]1. The van der Waals surface area contributed by atoms with Crippen LogP contribution in [0.2, 0.25) is 0 Å². The van der Waals surface area contributed by atoms with Crippen molar-refractivity contribution in [3.8, 4) is 0 Å². The Morgan fingerprint density at radius 1 is 1.04 bits per heavy atom. The number of ether oxygens (including phenoxy) is 2. The molecule has 0 bridgehead atoms. The van der Waals surface area contributed by atoms with E-state index in [-0.39, 0.29) is 11.6 Å². The summed E-state index contributed by atoms with van der Waals surface area (Å²) in [5, 5.41) is 5.38. The zero-order valence-electron chi connectivity index (χ0n) is 14.5. The fourth-order valence-electron chi connectivity index (χ4n) is 1.81. The molecule has 0 spiro atoms. The first-order chi connectivity index (χ1) is 11.2. The normalized spacial score (nSPS) is 10.8. The highest BCUT2D eigenvalue weighted by molar-refractivity contribution is 5.95. The lowest BCUT2D eigenvalue weighted by atomic mass is 10.2. The van der Waals surface area contributed by atoms with Gasteiger partial charge in [-0.3, -0.25) is 4.79 Å². The van der Waals surface area contributed by atoms with Gasteiger partial charge in [0, 0.05) is 13.1 Å². The van der Waals surface area contributed by atoms with Crippen LogP contribution in [0.15, 0.2) is 12.1 Å². The van der Waals surface area contributed by atoms with Crippen molar-refractivity contribution in [1.82, 2.24) is 15.6 Å². The van der Waals surface area contributed by atoms with Gasteiger partial charge in [-0.2, -0.15) is 0 Å². The predicted molar refractivity (Wildman–Crippen MR) is 87.9 cm³/mol. The maximum atomic E-state index is 11.9. The van der Waals surface area contributed by atoms with Crippen molar-refractivity contribution in [2.75, 3.05) is 20.2 Å². The molecule has 0 aliphatic carbocycles. The van der Waals surface area contributed by atoms with E-state index in [1.807, 2.05) is 0 Å². The molecular weight excluding hydrogens is 314 g/mol. The summed E-state index contributed by atoms with van der Waals surface area (Å²) in [6.07, 6.45) is 0.956. The zero-order chi connectivity index (χ0) is 18.2. The number of rotatable bonds is 7. The van der Waals surface area contributed by atoms with E-state index >= 15 is 0 Å². The second-order valence-electron chi connectivity index (χ2n) is 6.17. The van der Waals surface area contributed by atoms with Gasteiger partial charge in [-0.1, -0.05) is 0 Å². The van der Waals surface area contributed by atoms with Crippen LogP contribution in [-0.2, 0) is 9.47 Å². The van der Waals surface area contributed by atoms with Crippen molar-refractivity contribution < 1.29 is 23.9 Å². The third-order valence-electron chi connectivity index (χ3n) is 2.89. The maximum Gasteiger partial charge on any atom is 0.407 e. The van der Waals surface area contributed by atoms with E-state index in [0.717, 1.165) is 0 Å². The summed E-state index contributed by atoms with van der Waals surface area (Å²) in [6, 6.07) is 3.01. The Morgan fingerprint density at radius 2 is 1.62 bits per heavy atom. The summed E-state index contributed by atoms with van der Waals surface area (Å²) in [5.41, 5.74) is 0.00318. The van der Waals surface area contributed by atoms with Gasteiger partial charge in [-0.05, 0) is 45.7 Å². The van der Waals surface area contributed by atoms with Crippen LogP contribution < -0.4 is 10.6 Å². The summed E-state index contributed by atoms with van der Waals surface area (Å²) in [6.45, 7) is 6.33. The molecule has 0 aliphatic heterocycles. The summed E-state index contributed by atoms with van der Waals surface area (Å²) in [4.78, 5) is 37.3. The second-order valence-corrected chi connectivity index (χ2v) is 6.17.